The molecule has 1 amide bonds. The van der Waals surface area contributed by atoms with Crippen LogP contribution in [-0.4, -0.2) is 33.2 Å². The van der Waals surface area contributed by atoms with Crippen LogP contribution >= 0.6 is 0 Å². The van der Waals surface area contributed by atoms with Gasteiger partial charge in [0.15, 0.2) is 5.69 Å². The highest BCUT2D eigenvalue weighted by Gasteiger charge is 2.17. The Morgan fingerprint density at radius 3 is 2.91 bits per heavy atom. The number of rotatable bonds is 4. The van der Waals surface area contributed by atoms with Gasteiger partial charge >= 0.3 is 5.97 Å². The molecule has 118 valence electrons. The first-order chi connectivity index (χ1) is 11.1. The van der Waals surface area contributed by atoms with Crippen LogP contribution in [0.4, 0.5) is 5.69 Å². The molecule has 3 rings (SSSR count). The standard InChI is InChI=1S/C16H16N4O3/c1-3-23-16(22)13-8-10(9-20(13)2)17-15(21)14-11-6-4-5-7-12(11)18-19-14/h4-9H,3H2,1-2H3,(H,17,21)(H,18,19). The van der Waals surface area contributed by atoms with Gasteiger partial charge in [0.05, 0.1) is 17.8 Å². The first kappa shape index (κ1) is 14.8. The molecule has 0 aliphatic heterocycles. The molecule has 3 aromatic rings. The van der Waals surface area contributed by atoms with Gasteiger partial charge in [0.25, 0.3) is 5.91 Å². The highest BCUT2D eigenvalue weighted by molar-refractivity contribution is 6.11. The number of anilines is 1. The van der Waals surface area contributed by atoms with E-state index in [9.17, 15) is 9.59 Å². The van der Waals surface area contributed by atoms with E-state index in [0.717, 1.165) is 10.9 Å². The average Bonchev–Trinajstić information content (AvgIpc) is 3.11. The van der Waals surface area contributed by atoms with E-state index in [1.165, 1.54) is 0 Å². The molecular formula is C16H16N4O3. The number of amides is 1. The number of H-pyrrole nitrogens is 1. The highest BCUT2D eigenvalue weighted by atomic mass is 16.5. The molecule has 0 saturated carbocycles. The Hall–Kier alpha value is -3.09. The van der Waals surface area contributed by atoms with Crippen LogP contribution in [0.5, 0.6) is 0 Å². The highest BCUT2D eigenvalue weighted by Crippen LogP contribution is 2.18. The zero-order chi connectivity index (χ0) is 16.4. The van der Waals surface area contributed by atoms with Gasteiger partial charge in [0.2, 0.25) is 0 Å². The largest absolute Gasteiger partial charge is 0.461 e. The lowest BCUT2D eigenvalue weighted by atomic mass is 10.2. The molecule has 0 aliphatic rings. The van der Waals surface area contributed by atoms with Crippen LogP contribution in [-0.2, 0) is 11.8 Å². The fourth-order valence-electron chi connectivity index (χ4n) is 2.37. The number of ether oxygens (including phenoxy) is 1. The number of aromatic amines is 1. The van der Waals surface area contributed by atoms with E-state index in [0.29, 0.717) is 23.7 Å². The van der Waals surface area contributed by atoms with Crippen molar-refractivity contribution >= 4 is 28.5 Å². The Labute approximate surface area is 132 Å². The van der Waals surface area contributed by atoms with Crippen LogP contribution in [0, 0.1) is 0 Å². The third-order valence-corrected chi connectivity index (χ3v) is 3.43. The Morgan fingerprint density at radius 1 is 1.35 bits per heavy atom. The van der Waals surface area contributed by atoms with Gasteiger partial charge in [-0.3, -0.25) is 9.89 Å². The van der Waals surface area contributed by atoms with E-state index in [1.807, 2.05) is 24.3 Å². The first-order valence-electron chi connectivity index (χ1n) is 7.18. The molecule has 23 heavy (non-hydrogen) atoms. The Kier molecular flexibility index (Phi) is 3.84. The van der Waals surface area contributed by atoms with Crippen molar-refractivity contribution in [2.75, 3.05) is 11.9 Å². The SMILES string of the molecule is CCOC(=O)c1cc(NC(=O)c2n[nH]c3ccccc23)cn1C. The van der Waals surface area contributed by atoms with E-state index in [2.05, 4.69) is 15.5 Å². The molecular weight excluding hydrogens is 296 g/mol. The molecule has 0 spiro atoms. The quantitative estimate of drug-likeness (QED) is 0.724. The van der Waals surface area contributed by atoms with E-state index in [1.54, 1.807) is 30.8 Å². The minimum atomic E-state index is -0.430. The summed E-state index contributed by atoms with van der Waals surface area (Å²) in [7, 11) is 1.71. The van der Waals surface area contributed by atoms with Crippen LogP contribution < -0.4 is 5.32 Å². The monoisotopic (exact) mass is 312 g/mol. The van der Waals surface area contributed by atoms with Crippen LogP contribution in [0.3, 0.4) is 0 Å². The number of aryl methyl sites for hydroxylation is 1. The van der Waals surface area contributed by atoms with E-state index in [-0.39, 0.29) is 5.91 Å². The van der Waals surface area contributed by atoms with Gasteiger partial charge in [-0.25, -0.2) is 4.79 Å². The minimum Gasteiger partial charge on any atom is -0.461 e. The number of hydrogen-bond acceptors (Lipinski definition) is 4. The first-order valence-corrected chi connectivity index (χ1v) is 7.18. The molecule has 7 nitrogen and oxygen atoms in total. The zero-order valence-electron chi connectivity index (χ0n) is 12.8. The maximum absolute atomic E-state index is 12.4. The van der Waals surface area contributed by atoms with Gasteiger partial charge in [-0.1, -0.05) is 18.2 Å². The third kappa shape index (κ3) is 2.80. The summed E-state index contributed by atoms with van der Waals surface area (Å²) in [5.41, 5.74) is 1.97. The average molecular weight is 312 g/mol. The van der Waals surface area contributed by atoms with Gasteiger partial charge in [-0.2, -0.15) is 5.10 Å². The molecule has 0 saturated heterocycles. The molecule has 2 aromatic heterocycles. The topological polar surface area (TPSA) is 89.0 Å². The number of para-hydroxylation sites is 1. The van der Waals surface area contributed by atoms with Crippen LogP contribution in [0.25, 0.3) is 10.9 Å². The van der Waals surface area contributed by atoms with Crippen LogP contribution in [0.15, 0.2) is 36.5 Å². The molecule has 2 N–H and O–H groups in total. The Balaban J connectivity index is 1.83. The Morgan fingerprint density at radius 2 is 2.13 bits per heavy atom. The molecule has 0 bridgehead atoms. The van der Waals surface area contributed by atoms with Gasteiger partial charge in [0, 0.05) is 18.6 Å². The summed E-state index contributed by atoms with van der Waals surface area (Å²) in [5.74, 6) is -0.774. The zero-order valence-corrected chi connectivity index (χ0v) is 12.8. The lowest BCUT2D eigenvalue weighted by molar-refractivity contribution is 0.0515. The second-order valence-corrected chi connectivity index (χ2v) is 5.02. The van der Waals surface area contributed by atoms with E-state index < -0.39 is 5.97 Å². The number of nitrogens with one attached hydrogen (secondary N) is 2. The number of nitrogens with zero attached hydrogens (tertiary/aromatic N) is 2. The van der Waals surface area contributed by atoms with Gasteiger partial charge < -0.3 is 14.6 Å². The lowest BCUT2D eigenvalue weighted by Gasteiger charge is -2.01. The predicted molar refractivity (Wildman–Crippen MR) is 85.4 cm³/mol. The molecule has 7 heteroatoms. The number of fused-ring (bicyclic) bond motifs is 1. The summed E-state index contributed by atoms with van der Waals surface area (Å²) in [6.45, 7) is 2.04. The van der Waals surface area contributed by atoms with Crippen molar-refractivity contribution in [1.82, 2.24) is 14.8 Å². The third-order valence-electron chi connectivity index (χ3n) is 3.43. The normalized spacial score (nSPS) is 10.7. The Bertz CT molecular complexity index is 878. The summed E-state index contributed by atoms with van der Waals surface area (Å²) in [6.07, 6.45) is 1.65. The second kappa shape index (κ2) is 5.96. The van der Waals surface area contributed by atoms with Gasteiger partial charge in [-0.05, 0) is 19.1 Å². The number of aromatic nitrogens is 3. The fraction of sp³-hybridized carbons (Fsp3) is 0.188. The molecule has 1 aromatic carbocycles. The fourth-order valence-corrected chi connectivity index (χ4v) is 2.37. The van der Waals surface area contributed by atoms with Crippen molar-refractivity contribution in [3.63, 3.8) is 0 Å². The molecule has 0 unspecified atom stereocenters. The predicted octanol–water partition coefficient (Wildman–Crippen LogP) is 2.33. The number of benzene rings is 1. The van der Waals surface area contributed by atoms with Gasteiger partial charge in [-0.15, -0.1) is 0 Å². The number of hydrogen-bond donors (Lipinski definition) is 2. The van der Waals surface area contributed by atoms with Crippen molar-refractivity contribution in [3.05, 3.63) is 47.9 Å². The summed E-state index contributed by atoms with van der Waals surface area (Å²) >= 11 is 0. The number of carbonyl (C=O) groups is 2. The lowest BCUT2D eigenvalue weighted by Crippen LogP contribution is -2.12. The molecule has 2 heterocycles. The van der Waals surface area contributed by atoms with Crippen molar-refractivity contribution in [2.24, 2.45) is 7.05 Å². The second-order valence-electron chi connectivity index (χ2n) is 5.02. The van der Waals surface area contributed by atoms with Crippen LogP contribution in [0.2, 0.25) is 0 Å². The van der Waals surface area contributed by atoms with E-state index in [4.69, 9.17) is 4.74 Å². The maximum atomic E-state index is 12.4. The summed E-state index contributed by atoms with van der Waals surface area (Å²) in [4.78, 5) is 24.2. The minimum absolute atomic E-state index is 0.297. The molecule has 0 fully saturated rings. The summed E-state index contributed by atoms with van der Waals surface area (Å²) in [6, 6.07) is 8.95. The van der Waals surface area contributed by atoms with Crippen molar-refractivity contribution < 1.29 is 14.3 Å². The van der Waals surface area contributed by atoms with Crippen LogP contribution in [0.1, 0.15) is 27.9 Å². The smallest absolute Gasteiger partial charge is 0.355 e. The molecule has 0 aliphatic carbocycles. The van der Waals surface area contributed by atoms with Gasteiger partial charge in [0.1, 0.15) is 5.69 Å². The maximum Gasteiger partial charge on any atom is 0.355 e. The van der Waals surface area contributed by atoms with Crippen molar-refractivity contribution in [2.45, 2.75) is 6.92 Å². The van der Waals surface area contributed by atoms with E-state index >= 15 is 0 Å². The molecule has 0 radical (unpaired) electrons. The molecule has 0 atom stereocenters. The number of carbonyl (C=O) groups excluding carboxylic acids is 2. The summed E-state index contributed by atoms with van der Waals surface area (Å²) < 4.78 is 6.57. The van der Waals surface area contributed by atoms with Crippen molar-refractivity contribution in [1.29, 1.82) is 0 Å². The summed E-state index contributed by atoms with van der Waals surface area (Å²) in [5, 5.41) is 10.4. The van der Waals surface area contributed by atoms with Crippen molar-refractivity contribution in [3.8, 4) is 0 Å². The number of esters is 1.